The second kappa shape index (κ2) is 11.8. The molecule has 38 heavy (non-hydrogen) atoms. The van der Waals surface area contributed by atoms with Gasteiger partial charge >= 0.3 is 6.03 Å². The summed E-state index contributed by atoms with van der Waals surface area (Å²) in [5.41, 5.74) is 2.06. The molecule has 0 radical (unpaired) electrons. The number of anilines is 2. The van der Waals surface area contributed by atoms with Crippen molar-refractivity contribution in [3.8, 4) is 11.8 Å². The van der Waals surface area contributed by atoms with Crippen molar-refractivity contribution in [2.24, 2.45) is 0 Å². The quantitative estimate of drug-likeness (QED) is 0.564. The standard InChI is InChI=1S/C25H27N7O4.CH2O/c1-30-7-8-31(23(34)14-30)13-17-9-16-3-2-6-32(24(16)28-20(17)15-33)25(35)29-22-10-21(36-19-4-5-19)18(11-26)12-27-22;1-2/h9-10,12,15,19H,2-8,13-14H2,1H3,(H,27,29,35);1H2. The Morgan fingerprint density at radius 3 is 2.76 bits per heavy atom. The highest BCUT2D eigenvalue weighted by Crippen LogP contribution is 2.31. The monoisotopic (exact) mass is 519 g/mol. The summed E-state index contributed by atoms with van der Waals surface area (Å²) in [4.78, 5) is 59.4. The van der Waals surface area contributed by atoms with Gasteiger partial charge in [0.1, 0.15) is 41.5 Å². The van der Waals surface area contributed by atoms with Crippen LogP contribution in [0.2, 0.25) is 0 Å². The van der Waals surface area contributed by atoms with Crippen LogP contribution < -0.4 is 15.0 Å². The van der Waals surface area contributed by atoms with Gasteiger partial charge in [-0.05, 0) is 44.4 Å². The summed E-state index contributed by atoms with van der Waals surface area (Å²) in [5.74, 6) is 1.10. The van der Waals surface area contributed by atoms with Gasteiger partial charge in [-0.1, -0.05) is 0 Å². The third-order valence-electron chi connectivity index (χ3n) is 6.54. The number of rotatable bonds is 6. The van der Waals surface area contributed by atoms with Crippen LogP contribution in [0.3, 0.4) is 0 Å². The number of amides is 3. The fourth-order valence-corrected chi connectivity index (χ4v) is 4.41. The molecule has 0 spiro atoms. The Labute approximate surface area is 220 Å². The molecule has 12 nitrogen and oxygen atoms in total. The lowest BCUT2D eigenvalue weighted by molar-refractivity contribution is -0.136. The SMILES string of the molecule is C=O.CN1CCN(Cc2cc3c(nc2C=O)N(C(=O)Nc2cc(OC4CC4)c(C#N)cn2)CCC3)C(=O)C1. The van der Waals surface area contributed by atoms with Crippen molar-refractivity contribution in [2.45, 2.75) is 38.3 Å². The maximum atomic E-state index is 13.2. The largest absolute Gasteiger partial charge is 0.489 e. The second-order valence-corrected chi connectivity index (χ2v) is 9.37. The maximum absolute atomic E-state index is 13.2. The van der Waals surface area contributed by atoms with E-state index in [0.29, 0.717) is 61.6 Å². The molecule has 12 heteroatoms. The summed E-state index contributed by atoms with van der Waals surface area (Å²) < 4.78 is 5.78. The number of nitrogens with one attached hydrogen (secondary N) is 1. The van der Waals surface area contributed by atoms with Crippen LogP contribution in [0.1, 0.15) is 46.4 Å². The lowest BCUT2D eigenvalue weighted by Gasteiger charge is -2.33. The lowest BCUT2D eigenvalue weighted by atomic mass is 10.0. The predicted molar refractivity (Wildman–Crippen MR) is 137 cm³/mol. The Morgan fingerprint density at radius 1 is 1.29 bits per heavy atom. The molecule has 5 rings (SSSR count). The van der Waals surface area contributed by atoms with Gasteiger partial charge in [0.2, 0.25) is 5.91 Å². The summed E-state index contributed by atoms with van der Waals surface area (Å²) in [6.07, 6.45) is 5.47. The fraction of sp³-hybridized carbons (Fsp3) is 0.423. The maximum Gasteiger partial charge on any atom is 0.328 e. The number of nitriles is 1. The zero-order valence-electron chi connectivity index (χ0n) is 21.2. The number of ether oxygens (including phenoxy) is 1. The van der Waals surface area contributed by atoms with Crippen molar-refractivity contribution in [3.05, 3.63) is 40.7 Å². The molecule has 1 aliphatic carbocycles. The van der Waals surface area contributed by atoms with E-state index in [-0.39, 0.29) is 23.5 Å². The number of piperazine rings is 1. The van der Waals surface area contributed by atoms with Gasteiger partial charge in [0.15, 0.2) is 6.29 Å². The Bertz CT molecular complexity index is 1270. The molecular weight excluding hydrogens is 490 g/mol. The van der Waals surface area contributed by atoms with E-state index in [9.17, 15) is 19.6 Å². The number of hydrogen-bond donors (Lipinski definition) is 1. The van der Waals surface area contributed by atoms with E-state index >= 15 is 0 Å². The molecule has 0 bridgehead atoms. The zero-order chi connectivity index (χ0) is 27.2. The van der Waals surface area contributed by atoms with E-state index < -0.39 is 6.03 Å². The van der Waals surface area contributed by atoms with Crippen LogP contribution in [0.25, 0.3) is 0 Å². The van der Waals surface area contributed by atoms with Gasteiger partial charge in [-0.15, -0.1) is 0 Å². The van der Waals surface area contributed by atoms with Gasteiger partial charge in [0.05, 0.1) is 18.8 Å². The molecule has 1 N–H and O–H groups in total. The smallest absolute Gasteiger partial charge is 0.328 e. The number of aryl methyl sites for hydroxylation is 1. The minimum absolute atomic E-state index is 0.0132. The highest BCUT2D eigenvalue weighted by molar-refractivity contribution is 6.01. The zero-order valence-corrected chi connectivity index (χ0v) is 21.2. The highest BCUT2D eigenvalue weighted by Gasteiger charge is 2.29. The molecule has 2 aliphatic heterocycles. The van der Waals surface area contributed by atoms with Crippen molar-refractivity contribution < 1.29 is 23.9 Å². The Hall–Kier alpha value is -4.37. The molecule has 198 valence electrons. The van der Waals surface area contributed by atoms with Gasteiger partial charge < -0.3 is 14.4 Å². The average Bonchev–Trinajstić information content (AvgIpc) is 3.75. The summed E-state index contributed by atoms with van der Waals surface area (Å²) >= 11 is 0. The van der Waals surface area contributed by atoms with E-state index in [1.165, 1.54) is 11.1 Å². The number of fused-ring (bicyclic) bond motifs is 1. The molecule has 2 aromatic rings. The topological polar surface area (TPSA) is 149 Å². The molecule has 0 unspecified atom stereocenters. The fourth-order valence-electron chi connectivity index (χ4n) is 4.41. The molecule has 3 amide bonds. The van der Waals surface area contributed by atoms with Crippen LogP contribution in [-0.4, -0.2) is 84.1 Å². The van der Waals surface area contributed by atoms with Gasteiger partial charge in [0, 0.05) is 37.8 Å². The number of pyridine rings is 2. The first-order valence-corrected chi connectivity index (χ1v) is 12.3. The molecular formula is C26H29N7O5. The number of aldehydes is 1. The summed E-state index contributed by atoms with van der Waals surface area (Å²) in [6.45, 7) is 4.45. The Morgan fingerprint density at radius 2 is 2.08 bits per heavy atom. The van der Waals surface area contributed by atoms with Crippen LogP contribution in [-0.2, 0) is 22.6 Å². The minimum Gasteiger partial charge on any atom is -0.489 e. The first-order valence-electron chi connectivity index (χ1n) is 12.3. The number of aromatic nitrogens is 2. The van der Waals surface area contributed by atoms with E-state index in [1.54, 1.807) is 11.0 Å². The Balaban J connectivity index is 0.00000164. The van der Waals surface area contributed by atoms with E-state index in [1.807, 2.05) is 24.8 Å². The van der Waals surface area contributed by atoms with E-state index in [4.69, 9.17) is 9.53 Å². The molecule has 1 saturated heterocycles. The lowest BCUT2D eigenvalue weighted by Crippen LogP contribution is -2.48. The molecule has 0 aromatic carbocycles. The number of likely N-dealkylation sites (N-methyl/N-ethyl adjacent to an activating group) is 1. The summed E-state index contributed by atoms with van der Waals surface area (Å²) in [7, 11) is 1.90. The van der Waals surface area contributed by atoms with Crippen molar-refractivity contribution in [1.29, 1.82) is 5.26 Å². The molecule has 2 aromatic heterocycles. The average molecular weight is 520 g/mol. The Kier molecular flexibility index (Phi) is 8.28. The molecule has 0 atom stereocenters. The van der Waals surface area contributed by atoms with Crippen LogP contribution in [0.4, 0.5) is 16.4 Å². The first-order chi connectivity index (χ1) is 18.4. The third kappa shape index (κ3) is 5.95. The van der Waals surface area contributed by atoms with E-state index in [0.717, 1.165) is 31.4 Å². The highest BCUT2D eigenvalue weighted by atomic mass is 16.5. The molecule has 3 aliphatic rings. The summed E-state index contributed by atoms with van der Waals surface area (Å²) in [6, 6.07) is 5.07. The van der Waals surface area contributed by atoms with Crippen molar-refractivity contribution in [2.75, 3.05) is 43.4 Å². The van der Waals surface area contributed by atoms with Gasteiger partial charge in [-0.2, -0.15) is 5.26 Å². The number of carbonyl (C=O) groups excluding carboxylic acids is 4. The van der Waals surface area contributed by atoms with Crippen molar-refractivity contribution in [3.63, 3.8) is 0 Å². The van der Waals surface area contributed by atoms with Crippen LogP contribution in [0.5, 0.6) is 5.75 Å². The molecule has 1 saturated carbocycles. The second-order valence-electron chi connectivity index (χ2n) is 9.37. The van der Waals surface area contributed by atoms with Crippen molar-refractivity contribution >= 4 is 36.6 Å². The normalized spacial score (nSPS) is 17.0. The number of nitrogens with zero attached hydrogens (tertiary/aromatic N) is 6. The van der Waals surface area contributed by atoms with Gasteiger partial charge in [-0.3, -0.25) is 24.7 Å². The minimum atomic E-state index is -0.433. The molecule has 4 heterocycles. The number of carbonyl (C=O) groups is 4. The first kappa shape index (κ1) is 26.7. The van der Waals surface area contributed by atoms with Crippen molar-refractivity contribution in [1.82, 2.24) is 19.8 Å². The van der Waals surface area contributed by atoms with Gasteiger partial charge in [0.25, 0.3) is 0 Å². The predicted octanol–water partition coefficient (Wildman–Crippen LogP) is 1.78. The number of hydrogen-bond acceptors (Lipinski definition) is 9. The van der Waals surface area contributed by atoms with Gasteiger partial charge in [-0.25, -0.2) is 14.8 Å². The van der Waals surface area contributed by atoms with Crippen LogP contribution in [0.15, 0.2) is 18.3 Å². The van der Waals surface area contributed by atoms with E-state index in [2.05, 4.69) is 21.4 Å². The molecule has 2 fully saturated rings. The third-order valence-corrected chi connectivity index (χ3v) is 6.54. The van der Waals surface area contributed by atoms with Crippen LogP contribution >= 0.6 is 0 Å². The number of urea groups is 1. The summed E-state index contributed by atoms with van der Waals surface area (Å²) in [5, 5.41) is 12.1. The van der Waals surface area contributed by atoms with Crippen LogP contribution in [0, 0.1) is 11.3 Å².